The van der Waals surface area contributed by atoms with E-state index >= 15 is 0 Å². The standard InChI is InChI=1S/C13H24N2O3/c1-13(2)10-14-7-11(18-13)8-17-9-12(16)15-5-3-4-6-15/h11,14H,3-10H2,1-2H3. The Morgan fingerprint density at radius 1 is 1.44 bits per heavy atom. The molecule has 0 aromatic carbocycles. The Kier molecular flexibility index (Phi) is 4.59. The van der Waals surface area contributed by atoms with Gasteiger partial charge < -0.3 is 19.7 Å². The number of likely N-dealkylation sites (tertiary alicyclic amines) is 1. The van der Waals surface area contributed by atoms with Crippen LogP contribution < -0.4 is 5.32 Å². The highest BCUT2D eigenvalue weighted by Gasteiger charge is 2.28. The molecule has 0 saturated carbocycles. The summed E-state index contributed by atoms with van der Waals surface area (Å²) in [7, 11) is 0. The van der Waals surface area contributed by atoms with Crippen LogP contribution in [0.15, 0.2) is 0 Å². The molecule has 2 aliphatic heterocycles. The first-order valence-corrected chi connectivity index (χ1v) is 6.81. The van der Waals surface area contributed by atoms with Crippen LogP contribution >= 0.6 is 0 Å². The fourth-order valence-corrected chi connectivity index (χ4v) is 2.50. The van der Waals surface area contributed by atoms with Gasteiger partial charge in [-0.15, -0.1) is 0 Å². The topological polar surface area (TPSA) is 50.8 Å². The van der Waals surface area contributed by atoms with E-state index in [0.29, 0.717) is 6.61 Å². The molecule has 0 spiro atoms. The van der Waals surface area contributed by atoms with Gasteiger partial charge in [0.1, 0.15) is 6.61 Å². The van der Waals surface area contributed by atoms with Crippen molar-refractivity contribution in [2.45, 2.75) is 38.4 Å². The van der Waals surface area contributed by atoms with E-state index in [1.165, 1.54) is 0 Å². The molecule has 1 N–H and O–H groups in total. The molecule has 1 unspecified atom stereocenters. The lowest BCUT2D eigenvalue weighted by molar-refractivity contribution is -0.142. The fraction of sp³-hybridized carbons (Fsp3) is 0.923. The van der Waals surface area contributed by atoms with E-state index in [1.807, 2.05) is 4.90 Å². The molecule has 18 heavy (non-hydrogen) atoms. The fourth-order valence-electron chi connectivity index (χ4n) is 2.50. The summed E-state index contributed by atoms with van der Waals surface area (Å²) in [6.07, 6.45) is 2.28. The number of hydrogen-bond acceptors (Lipinski definition) is 4. The SMILES string of the molecule is CC1(C)CNCC(COCC(=O)N2CCCC2)O1. The van der Waals surface area contributed by atoms with Gasteiger partial charge in [-0.2, -0.15) is 0 Å². The van der Waals surface area contributed by atoms with Gasteiger partial charge in [0, 0.05) is 26.2 Å². The summed E-state index contributed by atoms with van der Waals surface area (Å²) in [5, 5.41) is 3.32. The number of carbonyl (C=O) groups is 1. The molecule has 0 aromatic heterocycles. The van der Waals surface area contributed by atoms with Crippen LogP contribution in [0.5, 0.6) is 0 Å². The Morgan fingerprint density at radius 3 is 2.83 bits per heavy atom. The van der Waals surface area contributed by atoms with Crippen LogP contribution in [0.4, 0.5) is 0 Å². The maximum absolute atomic E-state index is 11.8. The second-order valence-corrected chi connectivity index (χ2v) is 5.73. The van der Waals surface area contributed by atoms with E-state index in [9.17, 15) is 4.79 Å². The van der Waals surface area contributed by atoms with Gasteiger partial charge in [0.05, 0.1) is 18.3 Å². The van der Waals surface area contributed by atoms with Crippen molar-refractivity contribution in [3.05, 3.63) is 0 Å². The first kappa shape index (κ1) is 13.8. The number of rotatable bonds is 4. The molecule has 2 saturated heterocycles. The molecule has 5 nitrogen and oxygen atoms in total. The number of nitrogens with one attached hydrogen (secondary N) is 1. The van der Waals surface area contributed by atoms with Crippen LogP contribution in [-0.2, 0) is 14.3 Å². The summed E-state index contributed by atoms with van der Waals surface area (Å²) in [5.41, 5.74) is -0.148. The summed E-state index contributed by atoms with van der Waals surface area (Å²) >= 11 is 0. The summed E-state index contributed by atoms with van der Waals surface area (Å²) in [6.45, 7) is 8.20. The third-order valence-corrected chi connectivity index (χ3v) is 3.40. The highest BCUT2D eigenvalue weighted by atomic mass is 16.5. The van der Waals surface area contributed by atoms with E-state index in [4.69, 9.17) is 9.47 Å². The lowest BCUT2D eigenvalue weighted by Crippen LogP contribution is -2.52. The van der Waals surface area contributed by atoms with Crippen molar-refractivity contribution in [2.24, 2.45) is 0 Å². The largest absolute Gasteiger partial charge is 0.369 e. The average molecular weight is 256 g/mol. The maximum Gasteiger partial charge on any atom is 0.248 e. The molecule has 5 heteroatoms. The normalized spacial score (nSPS) is 27.4. The van der Waals surface area contributed by atoms with E-state index < -0.39 is 0 Å². The highest BCUT2D eigenvalue weighted by molar-refractivity contribution is 5.77. The van der Waals surface area contributed by atoms with Crippen molar-refractivity contribution in [1.82, 2.24) is 10.2 Å². The van der Waals surface area contributed by atoms with Crippen LogP contribution in [0.3, 0.4) is 0 Å². The molecule has 1 amide bonds. The van der Waals surface area contributed by atoms with E-state index in [-0.39, 0.29) is 24.2 Å². The molecule has 2 aliphatic rings. The molecule has 0 bridgehead atoms. The monoisotopic (exact) mass is 256 g/mol. The van der Waals surface area contributed by atoms with Crippen molar-refractivity contribution in [1.29, 1.82) is 0 Å². The molecule has 2 rings (SSSR count). The molecular weight excluding hydrogens is 232 g/mol. The first-order chi connectivity index (χ1) is 8.57. The Morgan fingerprint density at radius 2 is 2.17 bits per heavy atom. The van der Waals surface area contributed by atoms with Gasteiger partial charge in [-0.3, -0.25) is 4.79 Å². The van der Waals surface area contributed by atoms with Gasteiger partial charge in [-0.05, 0) is 26.7 Å². The minimum Gasteiger partial charge on any atom is -0.369 e. The smallest absolute Gasteiger partial charge is 0.248 e. The number of ether oxygens (including phenoxy) is 2. The number of carbonyl (C=O) groups excluding carboxylic acids is 1. The zero-order valence-corrected chi connectivity index (χ0v) is 11.4. The van der Waals surface area contributed by atoms with Crippen molar-refractivity contribution in [3.8, 4) is 0 Å². The van der Waals surface area contributed by atoms with Gasteiger partial charge in [0.15, 0.2) is 0 Å². The van der Waals surface area contributed by atoms with Crippen LogP contribution in [0, 0.1) is 0 Å². The van der Waals surface area contributed by atoms with Gasteiger partial charge in [0.25, 0.3) is 0 Å². The summed E-state index contributed by atoms with van der Waals surface area (Å²) < 4.78 is 11.4. The van der Waals surface area contributed by atoms with Crippen molar-refractivity contribution < 1.29 is 14.3 Å². The van der Waals surface area contributed by atoms with E-state index in [1.54, 1.807) is 0 Å². The number of amides is 1. The summed E-state index contributed by atoms with van der Waals surface area (Å²) in [6, 6.07) is 0. The zero-order valence-electron chi connectivity index (χ0n) is 11.4. The van der Waals surface area contributed by atoms with Crippen LogP contribution in [0.2, 0.25) is 0 Å². The highest BCUT2D eigenvalue weighted by Crippen LogP contribution is 2.15. The minimum absolute atomic E-state index is 0.0418. The third-order valence-electron chi connectivity index (χ3n) is 3.40. The average Bonchev–Trinajstić information content (AvgIpc) is 2.81. The van der Waals surface area contributed by atoms with Crippen LogP contribution in [0.25, 0.3) is 0 Å². The second kappa shape index (κ2) is 5.99. The predicted octanol–water partition coefficient (Wildman–Crippen LogP) is 0.392. The molecule has 2 heterocycles. The number of hydrogen-bond donors (Lipinski definition) is 1. The van der Waals surface area contributed by atoms with Gasteiger partial charge in [-0.1, -0.05) is 0 Å². The van der Waals surface area contributed by atoms with Crippen LogP contribution in [0.1, 0.15) is 26.7 Å². The van der Waals surface area contributed by atoms with Crippen LogP contribution in [-0.4, -0.2) is 61.9 Å². The third kappa shape index (κ3) is 3.93. The Balaban J connectivity index is 1.64. The van der Waals surface area contributed by atoms with Crippen molar-refractivity contribution in [3.63, 3.8) is 0 Å². The molecular formula is C13H24N2O3. The van der Waals surface area contributed by atoms with Crippen molar-refractivity contribution >= 4 is 5.91 Å². The second-order valence-electron chi connectivity index (χ2n) is 5.73. The van der Waals surface area contributed by atoms with E-state index in [2.05, 4.69) is 19.2 Å². The quantitative estimate of drug-likeness (QED) is 0.790. The lowest BCUT2D eigenvalue weighted by Gasteiger charge is -2.36. The maximum atomic E-state index is 11.8. The van der Waals surface area contributed by atoms with Gasteiger partial charge in [0.2, 0.25) is 5.91 Å². The zero-order chi connectivity index (χ0) is 13.0. The van der Waals surface area contributed by atoms with E-state index in [0.717, 1.165) is 39.0 Å². The molecule has 104 valence electrons. The predicted molar refractivity (Wildman–Crippen MR) is 68.5 cm³/mol. The summed E-state index contributed by atoms with van der Waals surface area (Å²) in [5.74, 6) is 0.107. The Labute approximate surface area is 109 Å². The Bertz CT molecular complexity index is 288. The minimum atomic E-state index is -0.148. The molecule has 0 aliphatic carbocycles. The first-order valence-electron chi connectivity index (χ1n) is 6.81. The lowest BCUT2D eigenvalue weighted by atomic mass is 10.1. The number of morpholine rings is 1. The molecule has 2 fully saturated rings. The molecule has 0 aromatic rings. The van der Waals surface area contributed by atoms with Gasteiger partial charge >= 0.3 is 0 Å². The Hall–Kier alpha value is -0.650. The molecule has 1 atom stereocenters. The molecule has 0 radical (unpaired) electrons. The summed E-state index contributed by atoms with van der Waals surface area (Å²) in [4.78, 5) is 13.6. The number of nitrogens with zero attached hydrogens (tertiary/aromatic N) is 1. The van der Waals surface area contributed by atoms with Crippen molar-refractivity contribution in [2.75, 3.05) is 39.4 Å². The van der Waals surface area contributed by atoms with Gasteiger partial charge in [-0.25, -0.2) is 0 Å².